The number of ether oxygens (including phenoxy) is 1. The van der Waals surface area contributed by atoms with Gasteiger partial charge >= 0.3 is 6.18 Å². The Morgan fingerprint density at radius 1 is 1.10 bits per heavy atom. The molecule has 0 aliphatic carbocycles. The first-order chi connectivity index (χ1) is 9.47. The summed E-state index contributed by atoms with van der Waals surface area (Å²) in [4.78, 5) is 10.8. The molecule has 0 saturated carbocycles. The summed E-state index contributed by atoms with van der Waals surface area (Å²) in [6.45, 7) is 0. The van der Waals surface area contributed by atoms with Gasteiger partial charge in [-0.2, -0.15) is 13.2 Å². The molecule has 2 aromatic carbocycles. The molecule has 0 amide bonds. The molecule has 104 valence electrons. The summed E-state index contributed by atoms with van der Waals surface area (Å²) < 4.78 is 43.9. The van der Waals surface area contributed by atoms with Crippen molar-refractivity contribution in [3.63, 3.8) is 0 Å². The van der Waals surface area contributed by atoms with Gasteiger partial charge in [-0.25, -0.2) is 0 Å². The van der Waals surface area contributed by atoms with E-state index in [4.69, 9.17) is 4.74 Å². The van der Waals surface area contributed by atoms with Gasteiger partial charge in [0.15, 0.2) is 6.29 Å². The fourth-order valence-corrected chi connectivity index (χ4v) is 1.96. The minimum absolute atomic E-state index is 0.0516. The SMILES string of the molecule is COc1cc(-c2ccccc2C(F)(F)F)ccc1C=O. The second-order valence-corrected chi connectivity index (χ2v) is 4.12. The molecule has 0 heterocycles. The summed E-state index contributed by atoms with van der Waals surface area (Å²) in [5.41, 5.74) is -0.0298. The third-order valence-electron chi connectivity index (χ3n) is 2.90. The van der Waals surface area contributed by atoms with Gasteiger partial charge in [0.2, 0.25) is 0 Å². The highest BCUT2D eigenvalue weighted by atomic mass is 19.4. The van der Waals surface area contributed by atoms with E-state index in [1.165, 1.54) is 43.5 Å². The van der Waals surface area contributed by atoms with E-state index in [0.29, 0.717) is 17.4 Å². The van der Waals surface area contributed by atoms with Crippen molar-refractivity contribution in [1.82, 2.24) is 0 Å². The van der Waals surface area contributed by atoms with Gasteiger partial charge in [-0.3, -0.25) is 4.79 Å². The maximum Gasteiger partial charge on any atom is 0.417 e. The molecule has 0 saturated heterocycles. The van der Waals surface area contributed by atoms with Crippen LogP contribution in [0.3, 0.4) is 0 Å². The van der Waals surface area contributed by atoms with Crippen molar-refractivity contribution in [2.45, 2.75) is 6.18 Å². The average Bonchev–Trinajstić information content (AvgIpc) is 2.45. The van der Waals surface area contributed by atoms with E-state index in [1.807, 2.05) is 0 Å². The van der Waals surface area contributed by atoms with Crippen LogP contribution < -0.4 is 4.74 Å². The Morgan fingerprint density at radius 3 is 2.40 bits per heavy atom. The molecule has 20 heavy (non-hydrogen) atoms. The van der Waals surface area contributed by atoms with Gasteiger partial charge in [0.05, 0.1) is 18.2 Å². The molecule has 0 fully saturated rings. The number of aldehydes is 1. The molecule has 0 N–H and O–H groups in total. The van der Waals surface area contributed by atoms with Crippen LogP contribution in [0.4, 0.5) is 13.2 Å². The highest BCUT2D eigenvalue weighted by molar-refractivity contribution is 5.82. The number of alkyl halides is 3. The molecule has 2 aromatic rings. The molecular weight excluding hydrogens is 269 g/mol. The molecular formula is C15H11F3O2. The third kappa shape index (κ3) is 2.66. The fraction of sp³-hybridized carbons (Fsp3) is 0.133. The lowest BCUT2D eigenvalue weighted by atomic mass is 9.98. The summed E-state index contributed by atoms with van der Waals surface area (Å²) in [6, 6.07) is 9.61. The van der Waals surface area contributed by atoms with E-state index >= 15 is 0 Å². The number of hydrogen-bond donors (Lipinski definition) is 0. The molecule has 0 aliphatic rings. The summed E-state index contributed by atoms with van der Waals surface area (Å²) in [5, 5.41) is 0. The number of benzene rings is 2. The molecule has 0 aliphatic heterocycles. The van der Waals surface area contributed by atoms with Crippen LogP contribution in [0.5, 0.6) is 5.75 Å². The first-order valence-corrected chi connectivity index (χ1v) is 5.77. The van der Waals surface area contributed by atoms with Crippen molar-refractivity contribution < 1.29 is 22.7 Å². The highest BCUT2D eigenvalue weighted by Crippen LogP contribution is 2.38. The molecule has 2 rings (SSSR count). The molecule has 0 bridgehead atoms. The Balaban J connectivity index is 2.60. The van der Waals surface area contributed by atoms with Crippen LogP contribution in [-0.2, 0) is 6.18 Å². The van der Waals surface area contributed by atoms with Crippen LogP contribution in [-0.4, -0.2) is 13.4 Å². The maximum atomic E-state index is 13.0. The van der Waals surface area contributed by atoms with Crippen molar-refractivity contribution in [3.05, 3.63) is 53.6 Å². The lowest BCUT2D eigenvalue weighted by Crippen LogP contribution is -2.07. The van der Waals surface area contributed by atoms with Gasteiger partial charge < -0.3 is 4.74 Å². The number of methoxy groups -OCH3 is 1. The highest BCUT2D eigenvalue weighted by Gasteiger charge is 2.33. The topological polar surface area (TPSA) is 26.3 Å². The largest absolute Gasteiger partial charge is 0.496 e. The fourth-order valence-electron chi connectivity index (χ4n) is 1.96. The normalized spacial score (nSPS) is 11.2. The van der Waals surface area contributed by atoms with Crippen LogP contribution in [0.2, 0.25) is 0 Å². The summed E-state index contributed by atoms with van der Waals surface area (Å²) in [5.74, 6) is 0.245. The summed E-state index contributed by atoms with van der Waals surface area (Å²) in [6.07, 6.45) is -3.84. The molecule has 0 spiro atoms. The molecule has 2 nitrogen and oxygen atoms in total. The van der Waals surface area contributed by atoms with E-state index in [2.05, 4.69) is 0 Å². The number of hydrogen-bond acceptors (Lipinski definition) is 2. The summed E-state index contributed by atoms with van der Waals surface area (Å²) >= 11 is 0. The third-order valence-corrected chi connectivity index (χ3v) is 2.90. The van der Waals surface area contributed by atoms with Gasteiger partial charge in [-0.15, -0.1) is 0 Å². The van der Waals surface area contributed by atoms with E-state index in [0.717, 1.165) is 6.07 Å². The predicted octanol–water partition coefficient (Wildman–Crippen LogP) is 4.19. The lowest BCUT2D eigenvalue weighted by Gasteiger charge is -2.14. The zero-order chi connectivity index (χ0) is 14.8. The van der Waals surface area contributed by atoms with E-state index in [-0.39, 0.29) is 11.3 Å². The number of rotatable bonds is 3. The van der Waals surface area contributed by atoms with E-state index in [9.17, 15) is 18.0 Å². The number of carbonyl (C=O) groups is 1. The first kappa shape index (κ1) is 14.1. The van der Waals surface area contributed by atoms with Crippen LogP contribution in [0.1, 0.15) is 15.9 Å². The minimum Gasteiger partial charge on any atom is -0.496 e. The Morgan fingerprint density at radius 2 is 1.80 bits per heavy atom. The Hall–Kier alpha value is -2.30. The Labute approximate surface area is 113 Å². The van der Waals surface area contributed by atoms with Crippen molar-refractivity contribution in [2.75, 3.05) is 7.11 Å². The predicted molar refractivity (Wildman–Crippen MR) is 68.8 cm³/mol. The first-order valence-electron chi connectivity index (χ1n) is 5.77. The van der Waals surface area contributed by atoms with Crippen LogP contribution in [0.25, 0.3) is 11.1 Å². The van der Waals surface area contributed by atoms with Gasteiger partial charge in [0.25, 0.3) is 0 Å². The minimum atomic E-state index is -4.44. The molecule has 0 unspecified atom stereocenters. The average molecular weight is 280 g/mol. The second kappa shape index (κ2) is 5.36. The molecule has 0 aromatic heterocycles. The number of carbonyl (C=O) groups excluding carboxylic acids is 1. The van der Waals surface area contributed by atoms with Crippen LogP contribution in [0, 0.1) is 0 Å². The van der Waals surface area contributed by atoms with Gasteiger partial charge in [-0.1, -0.05) is 24.3 Å². The smallest absolute Gasteiger partial charge is 0.417 e. The van der Waals surface area contributed by atoms with E-state index < -0.39 is 11.7 Å². The Kier molecular flexibility index (Phi) is 3.79. The van der Waals surface area contributed by atoms with Crippen LogP contribution in [0.15, 0.2) is 42.5 Å². The molecule has 0 radical (unpaired) electrons. The van der Waals surface area contributed by atoms with Crippen molar-refractivity contribution in [3.8, 4) is 16.9 Å². The summed E-state index contributed by atoms with van der Waals surface area (Å²) in [7, 11) is 1.36. The lowest BCUT2D eigenvalue weighted by molar-refractivity contribution is -0.137. The quantitative estimate of drug-likeness (QED) is 0.788. The van der Waals surface area contributed by atoms with Crippen LogP contribution >= 0.6 is 0 Å². The van der Waals surface area contributed by atoms with Crippen molar-refractivity contribution in [1.29, 1.82) is 0 Å². The molecule has 5 heteroatoms. The van der Waals surface area contributed by atoms with Gasteiger partial charge in [0, 0.05) is 0 Å². The van der Waals surface area contributed by atoms with Gasteiger partial charge in [0.1, 0.15) is 5.75 Å². The van der Waals surface area contributed by atoms with Crippen molar-refractivity contribution in [2.24, 2.45) is 0 Å². The van der Waals surface area contributed by atoms with Crippen molar-refractivity contribution >= 4 is 6.29 Å². The zero-order valence-corrected chi connectivity index (χ0v) is 10.6. The number of halogens is 3. The Bertz CT molecular complexity index is 633. The monoisotopic (exact) mass is 280 g/mol. The zero-order valence-electron chi connectivity index (χ0n) is 10.6. The van der Waals surface area contributed by atoms with E-state index in [1.54, 1.807) is 0 Å². The standard InChI is InChI=1S/C15H11F3O2/c1-20-14-8-10(6-7-11(14)9-19)12-4-2-3-5-13(12)15(16,17)18/h2-9H,1H3. The van der Waals surface area contributed by atoms with Gasteiger partial charge in [-0.05, 0) is 29.3 Å². The maximum absolute atomic E-state index is 13.0. The second-order valence-electron chi connectivity index (χ2n) is 4.12. The molecule has 0 atom stereocenters.